The van der Waals surface area contributed by atoms with Gasteiger partial charge in [-0.15, -0.1) is 0 Å². The van der Waals surface area contributed by atoms with Gasteiger partial charge in [0.05, 0.1) is 0 Å². The standard InChI is InChI=1S/C13H28N4O/c1-16(2)9-4-6-15-13(18)5-3-10-17-11-7-14-8-12-17/h14H,3-12H2,1-2H3,(H,15,18). The van der Waals surface area contributed by atoms with Crippen molar-refractivity contribution >= 4 is 5.91 Å². The van der Waals surface area contributed by atoms with Crippen molar-refractivity contribution in [1.29, 1.82) is 0 Å². The summed E-state index contributed by atoms with van der Waals surface area (Å²) >= 11 is 0. The molecule has 1 saturated heterocycles. The molecule has 0 spiro atoms. The molecule has 1 fully saturated rings. The summed E-state index contributed by atoms with van der Waals surface area (Å²) in [6.45, 7) is 7.26. The van der Waals surface area contributed by atoms with Crippen molar-refractivity contribution in [3.63, 3.8) is 0 Å². The van der Waals surface area contributed by atoms with Gasteiger partial charge in [-0.2, -0.15) is 0 Å². The van der Waals surface area contributed by atoms with Crippen LogP contribution in [0.25, 0.3) is 0 Å². The van der Waals surface area contributed by atoms with Crippen molar-refractivity contribution in [2.24, 2.45) is 0 Å². The summed E-state index contributed by atoms with van der Waals surface area (Å²) in [5.41, 5.74) is 0. The minimum atomic E-state index is 0.198. The SMILES string of the molecule is CN(C)CCCNC(=O)CCCN1CCNCC1. The van der Waals surface area contributed by atoms with E-state index < -0.39 is 0 Å². The average molecular weight is 256 g/mol. The molecule has 0 bridgehead atoms. The summed E-state index contributed by atoms with van der Waals surface area (Å²) in [7, 11) is 4.10. The van der Waals surface area contributed by atoms with Gasteiger partial charge in [0.25, 0.3) is 0 Å². The summed E-state index contributed by atoms with van der Waals surface area (Å²) in [5, 5.41) is 6.31. The fraction of sp³-hybridized carbons (Fsp3) is 0.923. The number of nitrogens with zero attached hydrogens (tertiary/aromatic N) is 2. The Balaban J connectivity index is 1.92. The lowest BCUT2D eigenvalue weighted by atomic mass is 10.2. The first-order valence-corrected chi connectivity index (χ1v) is 7.03. The van der Waals surface area contributed by atoms with Crippen LogP contribution in [0.2, 0.25) is 0 Å². The third-order valence-electron chi connectivity index (χ3n) is 3.19. The molecule has 1 aliphatic rings. The molecule has 0 aromatic rings. The number of hydrogen-bond donors (Lipinski definition) is 2. The van der Waals surface area contributed by atoms with Gasteiger partial charge in [-0.3, -0.25) is 4.79 Å². The van der Waals surface area contributed by atoms with Gasteiger partial charge in [-0.25, -0.2) is 0 Å². The van der Waals surface area contributed by atoms with Gasteiger partial charge in [0, 0.05) is 39.1 Å². The number of nitrogens with one attached hydrogen (secondary N) is 2. The first-order valence-electron chi connectivity index (χ1n) is 7.03. The predicted octanol–water partition coefficient (Wildman–Crippen LogP) is -0.260. The molecule has 5 nitrogen and oxygen atoms in total. The maximum absolute atomic E-state index is 11.6. The van der Waals surface area contributed by atoms with E-state index in [1.54, 1.807) is 0 Å². The summed E-state index contributed by atoms with van der Waals surface area (Å²) in [6, 6.07) is 0. The maximum Gasteiger partial charge on any atom is 0.220 e. The number of piperazine rings is 1. The first kappa shape index (κ1) is 15.4. The van der Waals surface area contributed by atoms with E-state index in [4.69, 9.17) is 0 Å². The monoisotopic (exact) mass is 256 g/mol. The van der Waals surface area contributed by atoms with E-state index in [2.05, 4.69) is 34.5 Å². The molecule has 5 heteroatoms. The molecule has 2 N–H and O–H groups in total. The van der Waals surface area contributed by atoms with Gasteiger partial charge in [0.15, 0.2) is 0 Å². The summed E-state index contributed by atoms with van der Waals surface area (Å²) in [6.07, 6.45) is 2.65. The van der Waals surface area contributed by atoms with Crippen molar-refractivity contribution < 1.29 is 4.79 Å². The zero-order valence-corrected chi connectivity index (χ0v) is 11.9. The number of hydrogen-bond acceptors (Lipinski definition) is 4. The van der Waals surface area contributed by atoms with E-state index in [1.165, 1.54) is 0 Å². The zero-order chi connectivity index (χ0) is 13.2. The summed E-state index contributed by atoms with van der Waals surface area (Å²) in [5.74, 6) is 0.198. The Morgan fingerprint density at radius 2 is 2.00 bits per heavy atom. The molecule has 0 aromatic carbocycles. The van der Waals surface area contributed by atoms with Crippen molar-refractivity contribution in [2.75, 3.05) is 59.9 Å². The molecule has 1 amide bonds. The Morgan fingerprint density at radius 3 is 2.67 bits per heavy atom. The third kappa shape index (κ3) is 7.63. The molecule has 0 atom stereocenters. The Labute approximate surface area is 111 Å². The summed E-state index contributed by atoms with van der Waals surface area (Å²) < 4.78 is 0. The highest BCUT2D eigenvalue weighted by molar-refractivity contribution is 5.75. The van der Waals surface area contributed by atoms with Gasteiger partial charge in [0.1, 0.15) is 0 Å². The van der Waals surface area contributed by atoms with Crippen LogP contribution in [0.4, 0.5) is 0 Å². The van der Waals surface area contributed by atoms with Crippen LogP contribution in [0.3, 0.4) is 0 Å². The molecule has 0 saturated carbocycles. The molecule has 1 heterocycles. The number of carbonyl (C=O) groups is 1. The molecule has 0 aromatic heterocycles. The highest BCUT2D eigenvalue weighted by Gasteiger charge is 2.09. The number of rotatable bonds is 8. The normalized spacial score (nSPS) is 17.1. The third-order valence-corrected chi connectivity index (χ3v) is 3.19. The van der Waals surface area contributed by atoms with Gasteiger partial charge in [-0.05, 0) is 40.0 Å². The molecule has 0 aliphatic carbocycles. The van der Waals surface area contributed by atoms with Crippen LogP contribution >= 0.6 is 0 Å². The van der Waals surface area contributed by atoms with Gasteiger partial charge < -0.3 is 20.4 Å². The molecular formula is C13H28N4O. The molecule has 1 rings (SSSR count). The second-order valence-corrected chi connectivity index (χ2v) is 5.20. The highest BCUT2D eigenvalue weighted by atomic mass is 16.1. The largest absolute Gasteiger partial charge is 0.356 e. The topological polar surface area (TPSA) is 47.6 Å². The van der Waals surface area contributed by atoms with Crippen LogP contribution in [0.1, 0.15) is 19.3 Å². The predicted molar refractivity (Wildman–Crippen MR) is 74.7 cm³/mol. The van der Waals surface area contributed by atoms with Crippen molar-refractivity contribution in [3.8, 4) is 0 Å². The van der Waals surface area contributed by atoms with Crippen LogP contribution in [-0.4, -0.2) is 75.6 Å². The van der Waals surface area contributed by atoms with E-state index >= 15 is 0 Å². The van der Waals surface area contributed by atoms with Gasteiger partial charge in [0.2, 0.25) is 5.91 Å². The van der Waals surface area contributed by atoms with Crippen LogP contribution in [0.5, 0.6) is 0 Å². The quantitative estimate of drug-likeness (QED) is 0.588. The maximum atomic E-state index is 11.6. The minimum absolute atomic E-state index is 0.198. The number of amides is 1. The van der Waals surface area contributed by atoms with Crippen LogP contribution in [0, 0.1) is 0 Å². The van der Waals surface area contributed by atoms with Crippen molar-refractivity contribution in [2.45, 2.75) is 19.3 Å². The van der Waals surface area contributed by atoms with Gasteiger partial charge >= 0.3 is 0 Å². The summed E-state index contributed by atoms with van der Waals surface area (Å²) in [4.78, 5) is 16.1. The lowest BCUT2D eigenvalue weighted by Crippen LogP contribution is -2.43. The van der Waals surface area contributed by atoms with Crippen molar-refractivity contribution in [1.82, 2.24) is 20.4 Å². The Kier molecular flexibility index (Phi) is 7.96. The van der Waals surface area contributed by atoms with E-state index in [0.29, 0.717) is 6.42 Å². The smallest absolute Gasteiger partial charge is 0.220 e. The molecule has 106 valence electrons. The number of carbonyl (C=O) groups excluding carboxylic acids is 1. The van der Waals surface area contributed by atoms with E-state index in [1.807, 2.05) is 0 Å². The van der Waals surface area contributed by atoms with Crippen LogP contribution < -0.4 is 10.6 Å². The van der Waals surface area contributed by atoms with E-state index in [9.17, 15) is 4.79 Å². The Morgan fingerprint density at radius 1 is 1.28 bits per heavy atom. The van der Waals surface area contributed by atoms with Crippen LogP contribution in [-0.2, 0) is 4.79 Å². The lowest BCUT2D eigenvalue weighted by Gasteiger charge is -2.26. The molecular weight excluding hydrogens is 228 g/mol. The fourth-order valence-corrected chi connectivity index (χ4v) is 2.11. The molecule has 0 radical (unpaired) electrons. The lowest BCUT2D eigenvalue weighted by molar-refractivity contribution is -0.121. The average Bonchev–Trinajstić information content (AvgIpc) is 2.36. The highest BCUT2D eigenvalue weighted by Crippen LogP contribution is 1.97. The van der Waals surface area contributed by atoms with Gasteiger partial charge in [-0.1, -0.05) is 0 Å². The van der Waals surface area contributed by atoms with Crippen LogP contribution in [0.15, 0.2) is 0 Å². The first-order chi connectivity index (χ1) is 8.68. The molecule has 0 unspecified atom stereocenters. The van der Waals surface area contributed by atoms with E-state index in [0.717, 1.165) is 58.7 Å². The fourth-order valence-electron chi connectivity index (χ4n) is 2.11. The zero-order valence-electron chi connectivity index (χ0n) is 11.9. The second-order valence-electron chi connectivity index (χ2n) is 5.20. The van der Waals surface area contributed by atoms with Crippen molar-refractivity contribution in [3.05, 3.63) is 0 Å². The van der Waals surface area contributed by atoms with E-state index in [-0.39, 0.29) is 5.91 Å². The molecule has 1 aliphatic heterocycles. The minimum Gasteiger partial charge on any atom is -0.356 e. The Bertz CT molecular complexity index is 227. The molecule has 18 heavy (non-hydrogen) atoms. The second kappa shape index (κ2) is 9.30. The Hall–Kier alpha value is -0.650.